The quantitative estimate of drug-likeness (QED) is 0.797. The van der Waals surface area contributed by atoms with E-state index in [-0.39, 0.29) is 23.5 Å². The molecular weight excluding hydrogens is 354 g/mol. The highest BCUT2D eigenvalue weighted by Crippen LogP contribution is 2.25. The molecular formula is C22H29N3O3. The Morgan fingerprint density at radius 1 is 1.14 bits per heavy atom. The standard InChI is InChI=1S/C22H29N3O3/c1-16(2)20(23-21(26)19-11-8-14-28-19)22(27)24(3)15-17-9-4-5-10-18(17)25-12-6-7-13-25/h4-5,8-11,14,16,20H,6-7,12-13,15H2,1-3H3,(H,23,26). The summed E-state index contributed by atoms with van der Waals surface area (Å²) in [5, 5.41) is 2.82. The van der Waals surface area contributed by atoms with Gasteiger partial charge in [-0.15, -0.1) is 0 Å². The molecule has 1 atom stereocenters. The van der Waals surface area contributed by atoms with E-state index in [2.05, 4.69) is 22.3 Å². The summed E-state index contributed by atoms with van der Waals surface area (Å²) in [7, 11) is 1.79. The molecule has 6 nitrogen and oxygen atoms in total. The number of hydrogen-bond donors (Lipinski definition) is 1. The molecule has 1 aromatic heterocycles. The molecule has 150 valence electrons. The van der Waals surface area contributed by atoms with E-state index in [0.717, 1.165) is 18.7 Å². The van der Waals surface area contributed by atoms with Crippen molar-refractivity contribution < 1.29 is 14.0 Å². The number of nitrogens with one attached hydrogen (secondary N) is 1. The minimum absolute atomic E-state index is 0.0392. The lowest BCUT2D eigenvalue weighted by molar-refractivity contribution is -0.133. The number of hydrogen-bond acceptors (Lipinski definition) is 4. The molecule has 28 heavy (non-hydrogen) atoms. The summed E-state index contributed by atoms with van der Waals surface area (Å²) in [6.07, 6.45) is 3.86. The van der Waals surface area contributed by atoms with E-state index < -0.39 is 6.04 Å². The second-order valence-corrected chi connectivity index (χ2v) is 7.69. The van der Waals surface area contributed by atoms with Gasteiger partial charge in [-0.3, -0.25) is 9.59 Å². The Bertz CT molecular complexity index is 795. The number of furan rings is 1. The van der Waals surface area contributed by atoms with E-state index >= 15 is 0 Å². The molecule has 1 N–H and O–H groups in total. The van der Waals surface area contributed by atoms with Gasteiger partial charge in [-0.05, 0) is 42.5 Å². The van der Waals surface area contributed by atoms with Crippen molar-refractivity contribution in [2.45, 2.75) is 39.3 Å². The van der Waals surface area contributed by atoms with Crippen molar-refractivity contribution in [3.63, 3.8) is 0 Å². The van der Waals surface area contributed by atoms with Gasteiger partial charge in [-0.2, -0.15) is 0 Å². The van der Waals surface area contributed by atoms with Crippen LogP contribution in [-0.2, 0) is 11.3 Å². The Balaban J connectivity index is 1.71. The summed E-state index contributed by atoms with van der Waals surface area (Å²) in [5.41, 5.74) is 2.32. The average molecular weight is 383 g/mol. The number of nitrogens with zero attached hydrogens (tertiary/aromatic N) is 2. The molecule has 1 aliphatic heterocycles. The van der Waals surface area contributed by atoms with Gasteiger partial charge >= 0.3 is 0 Å². The van der Waals surface area contributed by atoms with Gasteiger partial charge in [0.2, 0.25) is 5.91 Å². The van der Waals surface area contributed by atoms with Crippen LogP contribution in [0.3, 0.4) is 0 Å². The first kappa shape index (κ1) is 20.0. The molecule has 1 fully saturated rings. The first-order chi connectivity index (χ1) is 13.5. The fourth-order valence-electron chi connectivity index (χ4n) is 3.62. The maximum Gasteiger partial charge on any atom is 0.287 e. The molecule has 1 saturated heterocycles. The van der Waals surface area contributed by atoms with Crippen molar-refractivity contribution in [1.29, 1.82) is 0 Å². The predicted octanol–water partition coefficient (Wildman–Crippen LogP) is 3.29. The van der Waals surface area contributed by atoms with Gasteiger partial charge in [0.1, 0.15) is 6.04 Å². The Hall–Kier alpha value is -2.76. The maximum atomic E-state index is 13.1. The molecule has 3 rings (SSSR count). The summed E-state index contributed by atoms with van der Waals surface area (Å²) in [4.78, 5) is 29.5. The van der Waals surface area contributed by atoms with Gasteiger partial charge < -0.3 is 19.5 Å². The lowest BCUT2D eigenvalue weighted by Crippen LogP contribution is -2.50. The van der Waals surface area contributed by atoms with E-state index in [1.165, 1.54) is 24.8 Å². The summed E-state index contributed by atoms with van der Waals surface area (Å²) in [6.45, 7) is 6.48. The topological polar surface area (TPSA) is 65.8 Å². The Morgan fingerprint density at radius 2 is 1.86 bits per heavy atom. The number of benzene rings is 1. The van der Waals surface area contributed by atoms with Crippen LogP contribution in [0.2, 0.25) is 0 Å². The zero-order valence-corrected chi connectivity index (χ0v) is 16.9. The first-order valence-corrected chi connectivity index (χ1v) is 9.89. The largest absolute Gasteiger partial charge is 0.459 e. The summed E-state index contributed by atoms with van der Waals surface area (Å²) in [5.74, 6) is -0.308. The number of amides is 2. The number of carbonyl (C=O) groups is 2. The molecule has 0 radical (unpaired) electrons. The third-order valence-electron chi connectivity index (χ3n) is 5.19. The number of anilines is 1. The number of likely N-dealkylation sites (N-methyl/N-ethyl adjacent to an activating group) is 1. The molecule has 2 aromatic rings. The van der Waals surface area contributed by atoms with E-state index in [0.29, 0.717) is 6.54 Å². The number of para-hydroxylation sites is 1. The average Bonchev–Trinajstić information content (AvgIpc) is 3.39. The lowest BCUT2D eigenvalue weighted by atomic mass is 10.0. The number of carbonyl (C=O) groups excluding carboxylic acids is 2. The van der Waals surface area contributed by atoms with Crippen molar-refractivity contribution in [1.82, 2.24) is 10.2 Å². The van der Waals surface area contributed by atoms with Gasteiger partial charge in [0.15, 0.2) is 5.76 Å². The Kier molecular flexibility index (Phi) is 6.39. The second-order valence-electron chi connectivity index (χ2n) is 7.69. The zero-order valence-electron chi connectivity index (χ0n) is 16.9. The van der Waals surface area contributed by atoms with E-state index in [4.69, 9.17) is 4.42 Å². The molecule has 2 amide bonds. The predicted molar refractivity (Wildman–Crippen MR) is 109 cm³/mol. The molecule has 1 aliphatic rings. The molecule has 0 bridgehead atoms. The van der Waals surface area contributed by atoms with Crippen LogP contribution in [0.1, 0.15) is 42.8 Å². The van der Waals surface area contributed by atoms with E-state index in [1.54, 1.807) is 24.1 Å². The van der Waals surface area contributed by atoms with Crippen molar-refractivity contribution in [2.24, 2.45) is 5.92 Å². The van der Waals surface area contributed by atoms with Crippen molar-refractivity contribution in [3.8, 4) is 0 Å². The minimum Gasteiger partial charge on any atom is -0.459 e. The Labute approximate surface area is 166 Å². The SMILES string of the molecule is CC(C)C(NC(=O)c1ccco1)C(=O)N(C)Cc1ccccc1N1CCCC1. The van der Waals surface area contributed by atoms with E-state index in [1.807, 2.05) is 26.0 Å². The number of rotatable bonds is 7. The molecule has 0 spiro atoms. The van der Waals surface area contributed by atoms with Crippen LogP contribution in [0.5, 0.6) is 0 Å². The lowest BCUT2D eigenvalue weighted by Gasteiger charge is -2.29. The molecule has 1 unspecified atom stereocenters. The molecule has 1 aromatic carbocycles. The van der Waals surface area contributed by atoms with Gasteiger partial charge in [0.05, 0.1) is 6.26 Å². The monoisotopic (exact) mass is 383 g/mol. The summed E-state index contributed by atoms with van der Waals surface area (Å²) in [6, 6.07) is 10.9. The second kappa shape index (κ2) is 8.95. The molecule has 2 heterocycles. The van der Waals surface area contributed by atoms with Gasteiger partial charge in [-0.25, -0.2) is 0 Å². The zero-order chi connectivity index (χ0) is 20.1. The highest BCUT2D eigenvalue weighted by molar-refractivity contribution is 5.95. The third-order valence-corrected chi connectivity index (χ3v) is 5.19. The third kappa shape index (κ3) is 4.55. The van der Waals surface area contributed by atoms with Crippen LogP contribution in [0.4, 0.5) is 5.69 Å². The van der Waals surface area contributed by atoms with Crippen LogP contribution in [0.25, 0.3) is 0 Å². The molecule has 0 aliphatic carbocycles. The van der Waals surface area contributed by atoms with Gasteiger partial charge in [0, 0.05) is 32.4 Å². The Morgan fingerprint density at radius 3 is 2.50 bits per heavy atom. The van der Waals surface area contributed by atoms with Crippen LogP contribution in [0, 0.1) is 5.92 Å². The minimum atomic E-state index is -0.610. The first-order valence-electron chi connectivity index (χ1n) is 9.89. The normalized spacial score (nSPS) is 14.9. The van der Waals surface area contributed by atoms with Crippen molar-refractivity contribution in [2.75, 3.05) is 25.0 Å². The van der Waals surface area contributed by atoms with Crippen molar-refractivity contribution >= 4 is 17.5 Å². The highest BCUT2D eigenvalue weighted by atomic mass is 16.3. The van der Waals surface area contributed by atoms with Crippen molar-refractivity contribution in [3.05, 3.63) is 54.0 Å². The molecule has 6 heteroatoms. The summed E-state index contributed by atoms with van der Waals surface area (Å²) >= 11 is 0. The fourth-order valence-corrected chi connectivity index (χ4v) is 3.62. The van der Waals surface area contributed by atoms with Crippen LogP contribution in [0.15, 0.2) is 47.1 Å². The van der Waals surface area contributed by atoms with Crippen LogP contribution >= 0.6 is 0 Å². The van der Waals surface area contributed by atoms with Crippen LogP contribution < -0.4 is 10.2 Å². The van der Waals surface area contributed by atoms with Gasteiger partial charge in [-0.1, -0.05) is 32.0 Å². The maximum absolute atomic E-state index is 13.1. The molecule has 0 saturated carbocycles. The fraction of sp³-hybridized carbons (Fsp3) is 0.455. The smallest absolute Gasteiger partial charge is 0.287 e. The van der Waals surface area contributed by atoms with E-state index in [9.17, 15) is 9.59 Å². The van der Waals surface area contributed by atoms with Crippen LogP contribution in [-0.4, -0.2) is 42.9 Å². The summed E-state index contributed by atoms with van der Waals surface area (Å²) < 4.78 is 5.14. The van der Waals surface area contributed by atoms with Gasteiger partial charge in [0.25, 0.3) is 5.91 Å². The highest BCUT2D eigenvalue weighted by Gasteiger charge is 2.28.